The van der Waals surface area contributed by atoms with Crippen LogP contribution in [0.15, 0.2) is 24.3 Å². The molecule has 1 saturated carbocycles. The van der Waals surface area contributed by atoms with Gasteiger partial charge in [0.05, 0.1) is 0 Å². The fraction of sp³-hybridized carbons (Fsp3) is 0.684. The van der Waals surface area contributed by atoms with Crippen molar-refractivity contribution in [1.29, 1.82) is 0 Å². The summed E-state index contributed by atoms with van der Waals surface area (Å²) in [5, 5.41) is 3.69. The van der Waals surface area contributed by atoms with Crippen molar-refractivity contribution in [3.63, 3.8) is 0 Å². The molecule has 0 amide bonds. The smallest absolute Gasteiger partial charge is 0.123 e. The van der Waals surface area contributed by atoms with Crippen molar-refractivity contribution in [2.45, 2.75) is 83.2 Å². The second-order valence-electron chi connectivity index (χ2n) is 6.46. The number of hydrogen-bond donors (Lipinski definition) is 1. The van der Waals surface area contributed by atoms with E-state index in [4.69, 9.17) is 0 Å². The predicted molar refractivity (Wildman–Crippen MR) is 87.8 cm³/mol. The van der Waals surface area contributed by atoms with Gasteiger partial charge < -0.3 is 5.32 Å². The Bertz CT molecular complexity index is 362. The molecule has 1 fully saturated rings. The average Bonchev–Trinajstić information content (AvgIpc) is 2.48. The Labute approximate surface area is 129 Å². The molecule has 0 atom stereocenters. The standard InChI is InChI=1S/C19H30FN/c20-18-14-12-17(13-15-18)16-21-19-10-8-6-4-2-1-3-5-7-9-11-19/h12-15,19,21H,1-11,16H2. The van der Waals surface area contributed by atoms with Crippen LogP contribution in [0.1, 0.15) is 76.2 Å². The normalized spacial score (nSPS) is 19.7. The van der Waals surface area contributed by atoms with Crippen molar-refractivity contribution in [2.24, 2.45) is 0 Å². The van der Waals surface area contributed by atoms with E-state index in [1.165, 1.54) is 76.2 Å². The third-order valence-corrected chi connectivity index (χ3v) is 4.61. The van der Waals surface area contributed by atoms with Gasteiger partial charge in [-0.15, -0.1) is 0 Å². The fourth-order valence-electron chi connectivity index (χ4n) is 3.23. The second kappa shape index (κ2) is 9.94. The summed E-state index contributed by atoms with van der Waals surface area (Å²) < 4.78 is 12.9. The summed E-state index contributed by atoms with van der Waals surface area (Å²) in [6.45, 7) is 0.866. The highest BCUT2D eigenvalue weighted by Gasteiger charge is 2.09. The van der Waals surface area contributed by atoms with Crippen LogP contribution in [0, 0.1) is 5.82 Å². The highest BCUT2D eigenvalue weighted by molar-refractivity contribution is 5.15. The van der Waals surface area contributed by atoms with Gasteiger partial charge in [-0.2, -0.15) is 0 Å². The van der Waals surface area contributed by atoms with Crippen LogP contribution in [0.2, 0.25) is 0 Å². The van der Waals surface area contributed by atoms with Crippen molar-refractivity contribution in [1.82, 2.24) is 5.32 Å². The number of benzene rings is 1. The maximum atomic E-state index is 12.9. The minimum absolute atomic E-state index is 0.148. The quantitative estimate of drug-likeness (QED) is 0.765. The highest BCUT2D eigenvalue weighted by Crippen LogP contribution is 2.17. The molecule has 1 nitrogen and oxygen atoms in total. The fourth-order valence-corrected chi connectivity index (χ4v) is 3.23. The molecule has 0 aliphatic heterocycles. The molecular weight excluding hydrogens is 261 g/mol. The molecule has 0 unspecified atom stereocenters. The minimum atomic E-state index is -0.148. The topological polar surface area (TPSA) is 12.0 Å². The lowest BCUT2D eigenvalue weighted by Crippen LogP contribution is -2.28. The molecule has 0 bridgehead atoms. The maximum absolute atomic E-state index is 12.9. The van der Waals surface area contributed by atoms with E-state index < -0.39 is 0 Å². The number of hydrogen-bond acceptors (Lipinski definition) is 1. The summed E-state index contributed by atoms with van der Waals surface area (Å²) in [5.74, 6) is -0.148. The first-order valence-electron chi connectivity index (χ1n) is 8.82. The first-order valence-corrected chi connectivity index (χ1v) is 8.82. The Morgan fingerprint density at radius 3 is 1.76 bits per heavy atom. The van der Waals surface area contributed by atoms with Crippen LogP contribution in [-0.2, 0) is 6.54 Å². The first kappa shape index (κ1) is 16.5. The largest absolute Gasteiger partial charge is 0.310 e. The van der Waals surface area contributed by atoms with Crippen molar-refractivity contribution in [3.8, 4) is 0 Å². The first-order chi connectivity index (χ1) is 10.3. The van der Waals surface area contributed by atoms with Gasteiger partial charge in [0, 0.05) is 12.6 Å². The van der Waals surface area contributed by atoms with Gasteiger partial charge in [-0.25, -0.2) is 4.39 Å². The lowest BCUT2D eigenvalue weighted by Gasteiger charge is -2.19. The van der Waals surface area contributed by atoms with Crippen LogP contribution < -0.4 is 5.32 Å². The molecule has 0 saturated heterocycles. The Balaban J connectivity index is 1.75. The van der Waals surface area contributed by atoms with Gasteiger partial charge in [-0.1, -0.05) is 69.9 Å². The molecule has 2 rings (SSSR count). The molecule has 0 aromatic heterocycles. The van der Waals surface area contributed by atoms with Crippen LogP contribution in [0.3, 0.4) is 0 Å². The lowest BCUT2D eigenvalue weighted by atomic mass is 9.98. The molecule has 1 aromatic carbocycles. The minimum Gasteiger partial charge on any atom is -0.310 e. The zero-order valence-electron chi connectivity index (χ0n) is 13.2. The summed E-state index contributed by atoms with van der Waals surface area (Å²) in [7, 11) is 0. The molecular formula is C19H30FN. The Morgan fingerprint density at radius 2 is 1.24 bits per heavy atom. The summed E-state index contributed by atoms with van der Waals surface area (Å²) in [6.07, 6.45) is 15.1. The van der Waals surface area contributed by atoms with E-state index in [2.05, 4.69) is 5.32 Å². The Morgan fingerprint density at radius 1 is 0.762 bits per heavy atom. The summed E-state index contributed by atoms with van der Waals surface area (Å²) >= 11 is 0. The zero-order chi connectivity index (χ0) is 14.8. The van der Waals surface area contributed by atoms with Crippen LogP contribution in [-0.4, -0.2) is 6.04 Å². The van der Waals surface area contributed by atoms with Gasteiger partial charge in [-0.3, -0.25) is 0 Å². The highest BCUT2D eigenvalue weighted by atomic mass is 19.1. The van der Waals surface area contributed by atoms with E-state index in [-0.39, 0.29) is 5.82 Å². The summed E-state index contributed by atoms with van der Waals surface area (Å²) in [5.41, 5.74) is 1.18. The van der Waals surface area contributed by atoms with Gasteiger partial charge in [0.25, 0.3) is 0 Å². The van der Waals surface area contributed by atoms with Crippen LogP contribution >= 0.6 is 0 Å². The molecule has 1 aromatic rings. The molecule has 1 aliphatic carbocycles. The Hall–Kier alpha value is -0.890. The molecule has 0 radical (unpaired) electrons. The SMILES string of the molecule is Fc1ccc(CNC2CCCCCCCCCCC2)cc1. The zero-order valence-corrected chi connectivity index (χ0v) is 13.2. The van der Waals surface area contributed by atoms with Gasteiger partial charge in [0.1, 0.15) is 5.82 Å². The van der Waals surface area contributed by atoms with Gasteiger partial charge in [0.15, 0.2) is 0 Å². The third kappa shape index (κ3) is 7.08. The predicted octanol–water partition coefficient (Wildman–Crippen LogP) is 5.59. The summed E-state index contributed by atoms with van der Waals surface area (Å²) in [4.78, 5) is 0. The van der Waals surface area contributed by atoms with Crippen molar-refractivity contribution in [3.05, 3.63) is 35.6 Å². The van der Waals surface area contributed by atoms with E-state index in [0.717, 1.165) is 6.54 Å². The molecule has 1 aliphatic rings. The number of halogens is 1. The molecule has 2 heteroatoms. The van der Waals surface area contributed by atoms with Crippen molar-refractivity contribution < 1.29 is 4.39 Å². The monoisotopic (exact) mass is 291 g/mol. The van der Waals surface area contributed by atoms with Gasteiger partial charge in [-0.05, 0) is 30.5 Å². The van der Waals surface area contributed by atoms with Crippen LogP contribution in [0.5, 0.6) is 0 Å². The van der Waals surface area contributed by atoms with E-state index >= 15 is 0 Å². The van der Waals surface area contributed by atoms with E-state index in [1.807, 2.05) is 12.1 Å². The van der Waals surface area contributed by atoms with Crippen molar-refractivity contribution >= 4 is 0 Å². The second-order valence-corrected chi connectivity index (χ2v) is 6.46. The van der Waals surface area contributed by atoms with E-state index in [9.17, 15) is 4.39 Å². The maximum Gasteiger partial charge on any atom is 0.123 e. The number of rotatable bonds is 3. The molecule has 0 spiro atoms. The van der Waals surface area contributed by atoms with Crippen molar-refractivity contribution in [2.75, 3.05) is 0 Å². The average molecular weight is 291 g/mol. The number of nitrogens with one attached hydrogen (secondary N) is 1. The summed E-state index contributed by atoms with van der Waals surface area (Å²) in [6, 6.07) is 7.51. The van der Waals surface area contributed by atoms with Gasteiger partial charge in [0.2, 0.25) is 0 Å². The molecule has 21 heavy (non-hydrogen) atoms. The third-order valence-electron chi connectivity index (χ3n) is 4.61. The molecule has 1 N–H and O–H groups in total. The molecule has 0 heterocycles. The lowest BCUT2D eigenvalue weighted by molar-refractivity contribution is 0.403. The van der Waals surface area contributed by atoms with Crippen LogP contribution in [0.4, 0.5) is 4.39 Å². The molecule has 118 valence electrons. The van der Waals surface area contributed by atoms with Crippen LogP contribution in [0.25, 0.3) is 0 Å². The van der Waals surface area contributed by atoms with Gasteiger partial charge >= 0.3 is 0 Å². The van der Waals surface area contributed by atoms with E-state index in [1.54, 1.807) is 12.1 Å². The van der Waals surface area contributed by atoms with E-state index in [0.29, 0.717) is 6.04 Å². The Kier molecular flexibility index (Phi) is 7.80.